The molecule has 1 aliphatic carbocycles. The Morgan fingerprint density at radius 3 is 2.75 bits per heavy atom. The van der Waals surface area contributed by atoms with Crippen LogP contribution in [0.4, 0.5) is 4.39 Å². The summed E-state index contributed by atoms with van der Waals surface area (Å²) in [5, 5.41) is 7.83. The minimum atomic E-state index is -0.618. The molecule has 3 N–H and O–H groups in total. The number of hydrogen-bond donors (Lipinski definition) is 2. The Morgan fingerprint density at radius 2 is 2.00 bits per heavy atom. The molecular formula is C15H10FN3O. The van der Waals surface area contributed by atoms with Crippen LogP contribution in [0.1, 0.15) is 5.69 Å². The molecule has 1 heterocycles. The second-order valence-electron chi connectivity index (χ2n) is 4.41. The number of nitrogens with two attached hydrogens (primary N) is 1. The molecule has 98 valence electrons. The maximum Gasteiger partial charge on any atom is 0.272 e. The van der Waals surface area contributed by atoms with Crippen molar-refractivity contribution in [1.82, 2.24) is 10.2 Å². The molecule has 20 heavy (non-hydrogen) atoms. The fourth-order valence-electron chi connectivity index (χ4n) is 2.08. The van der Waals surface area contributed by atoms with E-state index in [0.717, 1.165) is 5.39 Å². The van der Waals surface area contributed by atoms with Gasteiger partial charge in [0.2, 0.25) is 0 Å². The molecule has 0 saturated carbocycles. The summed E-state index contributed by atoms with van der Waals surface area (Å²) < 4.78 is 13.1. The zero-order valence-corrected chi connectivity index (χ0v) is 10.4. The first-order valence-electron chi connectivity index (χ1n) is 5.99. The first-order valence-corrected chi connectivity index (χ1v) is 5.99. The zero-order valence-electron chi connectivity index (χ0n) is 10.4. The minimum absolute atomic E-state index is 0.0208. The van der Waals surface area contributed by atoms with Gasteiger partial charge in [-0.1, -0.05) is 23.9 Å². The second kappa shape index (κ2) is 4.67. The van der Waals surface area contributed by atoms with Crippen molar-refractivity contribution in [1.29, 1.82) is 0 Å². The van der Waals surface area contributed by atoms with Gasteiger partial charge in [0, 0.05) is 17.4 Å². The highest BCUT2D eigenvalue weighted by atomic mass is 19.1. The Balaban J connectivity index is 2.12. The summed E-state index contributed by atoms with van der Waals surface area (Å²) in [6.45, 7) is 0. The van der Waals surface area contributed by atoms with E-state index in [1.807, 2.05) is 12.1 Å². The van der Waals surface area contributed by atoms with Gasteiger partial charge in [-0.25, -0.2) is 5.10 Å². The average molecular weight is 267 g/mol. The van der Waals surface area contributed by atoms with Crippen molar-refractivity contribution in [3.8, 4) is 0 Å². The summed E-state index contributed by atoms with van der Waals surface area (Å²) >= 11 is 0. The van der Waals surface area contributed by atoms with E-state index < -0.39 is 5.83 Å². The fourth-order valence-corrected chi connectivity index (χ4v) is 2.08. The Labute approximate surface area is 113 Å². The lowest BCUT2D eigenvalue weighted by molar-refractivity contribution is 0.649. The van der Waals surface area contributed by atoms with E-state index >= 15 is 0 Å². The van der Waals surface area contributed by atoms with Crippen LogP contribution in [0.3, 0.4) is 0 Å². The monoisotopic (exact) mass is 267 g/mol. The van der Waals surface area contributed by atoms with Gasteiger partial charge in [-0.15, -0.1) is 0 Å². The van der Waals surface area contributed by atoms with Crippen molar-refractivity contribution in [3.63, 3.8) is 0 Å². The zero-order chi connectivity index (χ0) is 14.1. The average Bonchev–Trinajstić information content (AvgIpc) is 2.46. The molecular weight excluding hydrogens is 257 g/mol. The summed E-state index contributed by atoms with van der Waals surface area (Å²) in [7, 11) is 0. The summed E-state index contributed by atoms with van der Waals surface area (Å²) in [6, 6.07) is 7.18. The number of benzene rings is 1. The first kappa shape index (κ1) is 12.2. The predicted molar refractivity (Wildman–Crippen MR) is 73.5 cm³/mol. The van der Waals surface area contributed by atoms with E-state index in [2.05, 4.69) is 21.7 Å². The third-order valence-corrected chi connectivity index (χ3v) is 3.05. The summed E-state index contributed by atoms with van der Waals surface area (Å²) in [5.41, 5.74) is 11.7. The van der Waals surface area contributed by atoms with Crippen molar-refractivity contribution in [2.24, 2.45) is 5.73 Å². The summed E-state index contributed by atoms with van der Waals surface area (Å²) in [4.78, 5) is 11.7. The first-order chi connectivity index (χ1) is 9.65. The quantitative estimate of drug-likeness (QED) is 0.816. The van der Waals surface area contributed by atoms with Crippen LogP contribution < -0.4 is 11.3 Å². The van der Waals surface area contributed by atoms with Crippen LogP contribution in [0.2, 0.25) is 0 Å². The van der Waals surface area contributed by atoms with Crippen LogP contribution >= 0.6 is 0 Å². The minimum Gasteiger partial charge on any atom is -0.396 e. The molecule has 0 amide bonds. The van der Waals surface area contributed by atoms with E-state index in [1.165, 1.54) is 6.08 Å². The Bertz CT molecular complexity index is 895. The Kier molecular flexibility index (Phi) is 2.84. The lowest BCUT2D eigenvalue weighted by atomic mass is 10.0. The van der Waals surface area contributed by atoms with Gasteiger partial charge in [0.25, 0.3) is 5.56 Å². The van der Waals surface area contributed by atoms with Crippen LogP contribution in [0.5, 0.6) is 0 Å². The number of H-pyrrole nitrogens is 1. The molecule has 0 spiro atoms. The molecule has 3 rings (SSSR count). The van der Waals surface area contributed by atoms with Gasteiger partial charge in [0.1, 0.15) is 0 Å². The van der Waals surface area contributed by atoms with E-state index in [-0.39, 0.29) is 11.3 Å². The third-order valence-electron chi connectivity index (χ3n) is 3.05. The fraction of sp³-hybridized carbons (Fsp3) is 0.0667. The summed E-state index contributed by atoms with van der Waals surface area (Å²) in [6.07, 6.45) is 1.88. The highest BCUT2D eigenvalue weighted by Crippen LogP contribution is 2.18. The number of nitrogens with one attached hydrogen (secondary N) is 1. The molecule has 1 aliphatic rings. The Morgan fingerprint density at radius 1 is 1.25 bits per heavy atom. The smallest absolute Gasteiger partial charge is 0.272 e. The van der Waals surface area contributed by atoms with Crippen LogP contribution in [0.15, 0.2) is 63.7 Å². The third kappa shape index (κ3) is 2.08. The number of allylic oxidation sites excluding steroid dienone is 3. The number of aromatic nitrogens is 2. The standard InChI is InChI=1S/C15H10FN3O/c16-12-6-5-9(7-13(12)17)8-14-10-3-1-2-4-11(10)15(20)19-18-14/h1-4,7H,8,17H2,(H,19,20). The SMILES string of the molecule is NC1=CC(Cc2n[nH]c(=O)c3ccccc23)=C=C=C1F. The molecule has 1 aromatic heterocycles. The van der Waals surface area contributed by atoms with Gasteiger partial charge in [-0.05, 0) is 17.9 Å². The normalized spacial score (nSPS) is 13.9. The maximum atomic E-state index is 13.1. The van der Waals surface area contributed by atoms with Gasteiger partial charge >= 0.3 is 0 Å². The number of aromatic amines is 1. The van der Waals surface area contributed by atoms with Crippen LogP contribution in [0.25, 0.3) is 10.8 Å². The van der Waals surface area contributed by atoms with Gasteiger partial charge in [-0.2, -0.15) is 9.49 Å². The second-order valence-corrected chi connectivity index (χ2v) is 4.41. The molecule has 2 aromatic rings. The molecule has 0 bridgehead atoms. The largest absolute Gasteiger partial charge is 0.396 e. The molecule has 0 saturated heterocycles. The highest BCUT2D eigenvalue weighted by Gasteiger charge is 2.10. The molecule has 4 nitrogen and oxygen atoms in total. The topological polar surface area (TPSA) is 71.8 Å². The predicted octanol–water partition coefficient (Wildman–Crippen LogP) is 1.86. The van der Waals surface area contributed by atoms with Crippen LogP contribution in [-0.4, -0.2) is 10.2 Å². The number of rotatable bonds is 2. The van der Waals surface area contributed by atoms with Crippen LogP contribution in [0, 0.1) is 0 Å². The van der Waals surface area contributed by atoms with Crippen molar-refractivity contribution < 1.29 is 4.39 Å². The lowest BCUT2D eigenvalue weighted by Gasteiger charge is -2.06. The van der Waals surface area contributed by atoms with Gasteiger partial charge in [0.05, 0.1) is 16.8 Å². The lowest BCUT2D eigenvalue weighted by Crippen LogP contribution is -2.11. The molecule has 0 unspecified atom stereocenters. The molecule has 1 aromatic carbocycles. The molecule has 0 fully saturated rings. The van der Waals surface area contributed by atoms with E-state index in [9.17, 15) is 9.18 Å². The van der Waals surface area contributed by atoms with Crippen molar-refractivity contribution >= 4 is 10.8 Å². The number of halogens is 1. The Hall–Kier alpha value is -2.87. The van der Waals surface area contributed by atoms with Crippen molar-refractivity contribution in [2.45, 2.75) is 6.42 Å². The van der Waals surface area contributed by atoms with E-state index in [1.54, 1.807) is 12.1 Å². The number of nitrogens with zero attached hydrogens (tertiary/aromatic N) is 1. The van der Waals surface area contributed by atoms with Gasteiger partial charge < -0.3 is 5.73 Å². The number of fused-ring (bicyclic) bond motifs is 1. The van der Waals surface area contributed by atoms with Crippen molar-refractivity contribution in [3.05, 3.63) is 74.9 Å². The van der Waals surface area contributed by atoms with Gasteiger partial charge in [-0.3, -0.25) is 4.79 Å². The summed E-state index contributed by atoms with van der Waals surface area (Å²) in [5.74, 6) is -0.618. The molecule has 0 radical (unpaired) electrons. The molecule has 5 heteroatoms. The van der Waals surface area contributed by atoms with Gasteiger partial charge in [0.15, 0.2) is 5.83 Å². The maximum absolute atomic E-state index is 13.1. The van der Waals surface area contributed by atoms with E-state index in [4.69, 9.17) is 5.73 Å². The van der Waals surface area contributed by atoms with Crippen LogP contribution in [-0.2, 0) is 6.42 Å². The van der Waals surface area contributed by atoms with Crippen molar-refractivity contribution in [2.75, 3.05) is 0 Å². The number of hydrogen-bond acceptors (Lipinski definition) is 3. The van der Waals surface area contributed by atoms with E-state index in [0.29, 0.717) is 23.1 Å². The molecule has 0 aliphatic heterocycles. The highest BCUT2D eigenvalue weighted by molar-refractivity contribution is 5.83. The molecule has 0 atom stereocenters.